The summed E-state index contributed by atoms with van der Waals surface area (Å²) in [5.74, 6) is 0.913. The van der Waals surface area contributed by atoms with Crippen LogP contribution in [0, 0.1) is 6.92 Å². The molecule has 1 saturated heterocycles. The van der Waals surface area contributed by atoms with Crippen molar-refractivity contribution in [3.63, 3.8) is 0 Å². The molecule has 2 aromatic rings. The first-order valence-electron chi connectivity index (χ1n) is 10.4. The van der Waals surface area contributed by atoms with E-state index in [0.29, 0.717) is 37.6 Å². The van der Waals surface area contributed by atoms with E-state index in [9.17, 15) is 13.6 Å². The molecule has 0 saturated carbocycles. The summed E-state index contributed by atoms with van der Waals surface area (Å²) in [6.45, 7) is 6.59. The predicted octanol–water partition coefficient (Wildman–Crippen LogP) is 1.30. The number of sulfonamides is 1. The highest BCUT2D eigenvalue weighted by Gasteiger charge is 2.33. The molecule has 1 unspecified atom stereocenters. The molecule has 29 heavy (non-hydrogen) atoms. The predicted molar refractivity (Wildman–Crippen MR) is 110 cm³/mol. The van der Waals surface area contributed by atoms with Crippen molar-refractivity contribution >= 4 is 10.4 Å². The summed E-state index contributed by atoms with van der Waals surface area (Å²) in [6, 6.07) is 7.02. The fraction of sp³-hybridized carbons (Fsp3) is 0.600. The third kappa shape index (κ3) is 4.37. The van der Waals surface area contributed by atoms with Gasteiger partial charge in [0.1, 0.15) is 5.82 Å². The van der Waals surface area contributed by atoms with Crippen molar-refractivity contribution in [2.75, 3.05) is 32.7 Å². The lowest BCUT2D eigenvalue weighted by atomic mass is 10.2. The van der Waals surface area contributed by atoms with Crippen molar-refractivity contribution in [2.24, 2.45) is 0 Å². The Morgan fingerprint density at radius 1 is 1.03 bits per heavy atom. The SMILES string of the molecule is Cc1ccc([S+](=O)([O-])N2CCN(CCCn3nc4n(c3=O)CCCC4)CC2)cc1. The zero-order chi connectivity index (χ0) is 20.4. The minimum Gasteiger partial charge on any atom is -0.593 e. The monoisotopic (exact) mass is 419 g/mol. The van der Waals surface area contributed by atoms with Crippen LogP contribution in [0.4, 0.5) is 0 Å². The molecule has 9 heteroatoms. The van der Waals surface area contributed by atoms with E-state index in [4.69, 9.17) is 0 Å². The van der Waals surface area contributed by atoms with Gasteiger partial charge in [-0.1, -0.05) is 21.9 Å². The second kappa shape index (κ2) is 8.51. The first-order chi connectivity index (χ1) is 13.9. The van der Waals surface area contributed by atoms with Gasteiger partial charge in [-0.2, -0.15) is 5.10 Å². The Labute approximate surface area is 172 Å². The van der Waals surface area contributed by atoms with Crippen LogP contribution in [0.25, 0.3) is 0 Å². The molecule has 0 radical (unpaired) electrons. The third-order valence-electron chi connectivity index (χ3n) is 5.87. The van der Waals surface area contributed by atoms with Crippen molar-refractivity contribution in [3.05, 3.63) is 46.1 Å². The minimum atomic E-state index is -3.42. The summed E-state index contributed by atoms with van der Waals surface area (Å²) >= 11 is 0. The van der Waals surface area contributed by atoms with Gasteiger partial charge in [-0.15, -0.1) is 4.31 Å². The van der Waals surface area contributed by atoms with Crippen LogP contribution in [0.5, 0.6) is 0 Å². The molecule has 0 amide bonds. The number of nitrogens with zero attached hydrogens (tertiary/aromatic N) is 5. The lowest BCUT2D eigenvalue weighted by molar-refractivity contribution is 0.176. The zero-order valence-corrected chi connectivity index (χ0v) is 17.8. The molecule has 1 aromatic heterocycles. The van der Waals surface area contributed by atoms with E-state index >= 15 is 0 Å². The summed E-state index contributed by atoms with van der Waals surface area (Å²) in [7, 11) is -3.42. The van der Waals surface area contributed by atoms with Crippen LogP contribution in [0.3, 0.4) is 0 Å². The maximum atomic E-state index is 12.8. The van der Waals surface area contributed by atoms with Gasteiger partial charge in [-0.05, 0) is 38.3 Å². The molecule has 4 rings (SSSR count). The summed E-state index contributed by atoms with van der Waals surface area (Å²) in [5.41, 5.74) is 1.06. The van der Waals surface area contributed by atoms with Crippen LogP contribution in [-0.4, -0.2) is 60.8 Å². The lowest BCUT2D eigenvalue weighted by Gasteiger charge is -2.35. The van der Waals surface area contributed by atoms with Gasteiger partial charge in [0.15, 0.2) is 15.3 Å². The Bertz CT molecular complexity index is 944. The topological polar surface area (TPSA) is 86.4 Å². The first-order valence-corrected chi connectivity index (χ1v) is 11.8. The van der Waals surface area contributed by atoms with Crippen molar-refractivity contribution in [1.29, 1.82) is 0 Å². The van der Waals surface area contributed by atoms with Crippen molar-refractivity contribution in [2.45, 2.75) is 50.6 Å². The van der Waals surface area contributed by atoms with E-state index in [0.717, 1.165) is 50.2 Å². The molecule has 0 spiro atoms. The maximum absolute atomic E-state index is 12.8. The highest BCUT2D eigenvalue weighted by atomic mass is 32.3. The lowest BCUT2D eigenvalue weighted by Crippen LogP contribution is -2.50. The second-order valence-corrected chi connectivity index (χ2v) is 9.88. The smallest absolute Gasteiger partial charge is 0.345 e. The third-order valence-corrected chi connectivity index (χ3v) is 7.78. The number of hydrogen-bond donors (Lipinski definition) is 0. The highest BCUT2D eigenvalue weighted by molar-refractivity contribution is 7.95. The molecule has 1 aromatic carbocycles. The Morgan fingerprint density at radius 2 is 1.76 bits per heavy atom. The van der Waals surface area contributed by atoms with Crippen LogP contribution in [0.15, 0.2) is 34.0 Å². The van der Waals surface area contributed by atoms with Crippen molar-refractivity contribution in [1.82, 2.24) is 23.6 Å². The van der Waals surface area contributed by atoms with Gasteiger partial charge in [0.2, 0.25) is 0 Å². The van der Waals surface area contributed by atoms with Crippen molar-refractivity contribution < 1.29 is 8.76 Å². The van der Waals surface area contributed by atoms with E-state index in [1.165, 1.54) is 0 Å². The molecule has 1 atom stereocenters. The minimum absolute atomic E-state index is 0.00807. The highest BCUT2D eigenvalue weighted by Crippen LogP contribution is 2.23. The Hall–Kier alpha value is -1.81. The van der Waals surface area contributed by atoms with E-state index in [-0.39, 0.29) is 5.69 Å². The fourth-order valence-corrected chi connectivity index (χ4v) is 5.51. The average molecular weight is 420 g/mol. The van der Waals surface area contributed by atoms with Crippen LogP contribution in [0.2, 0.25) is 0 Å². The second-order valence-electron chi connectivity index (χ2n) is 7.94. The standard InChI is InChI=1S/C20H29N5O3S/c1-17-6-8-18(9-7-17)29(27,28)23-15-13-22(14-16-23)10-4-12-25-20(26)24-11-3-2-5-19(24)21-25/h6-9H,2-5,10-16H2,1H3. The molecule has 3 heterocycles. The molecule has 1 fully saturated rings. The number of aromatic nitrogens is 3. The summed E-state index contributed by atoms with van der Waals surface area (Å²) in [4.78, 5) is 15.0. The molecule has 158 valence electrons. The summed E-state index contributed by atoms with van der Waals surface area (Å²) in [5, 5.41) is 4.48. The van der Waals surface area contributed by atoms with Gasteiger partial charge >= 0.3 is 5.69 Å². The zero-order valence-electron chi connectivity index (χ0n) is 17.0. The largest absolute Gasteiger partial charge is 0.593 e. The van der Waals surface area contributed by atoms with Crippen LogP contribution in [-0.2, 0) is 34.1 Å². The Kier molecular flexibility index (Phi) is 6.00. The van der Waals surface area contributed by atoms with E-state index in [1.54, 1.807) is 25.7 Å². The molecular weight excluding hydrogens is 390 g/mol. The molecule has 0 bridgehead atoms. The Morgan fingerprint density at radius 3 is 2.45 bits per heavy atom. The molecule has 2 aliphatic heterocycles. The van der Waals surface area contributed by atoms with E-state index < -0.39 is 10.4 Å². The van der Waals surface area contributed by atoms with Gasteiger partial charge in [0, 0.05) is 39.1 Å². The van der Waals surface area contributed by atoms with Crippen molar-refractivity contribution in [3.8, 4) is 0 Å². The fourth-order valence-electron chi connectivity index (χ4n) is 4.09. The number of aryl methyl sites for hydroxylation is 3. The van der Waals surface area contributed by atoms with E-state index in [1.807, 2.05) is 19.1 Å². The number of piperazine rings is 1. The van der Waals surface area contributed by atoms with Crippen LogP contribution >= 0.6 is 0 Å². The summed E-state index contributed by atoms with van der Waals surface area (Å²) in [6.07, 6.45) is 3.88. The van der Waals surface area contributed by atoms with Crippen LogP contribution < -0.4 is 5.69 Å². The Balaban J connectivity index is 1.27. The van der Waals surface area contributed by atoms with Gasteiger partial charge in [0.05, 0.1) is 13.1 Å². The van der Waals surface area contributed by atoms with Crippen LogP contribution in [0.1, 0.15) is 30.7 Å². The maximum Gasteiger partial charge on any atom is 0.345 e. The first kappa shape index (κ1) is 20.5. The van der Waals surface area contributed by atoms with Gasteiger partial charge < -0.3 is 9.45 Å². The normalized spacial score (nSPS) is 20.3. The molecule has 0 aliphatic carbocycles. The number of benzene rings is 1. The van der Waals surface area contributed by atoms with E-state index in [2.05, 4.69) is 10.00 Å². The molecular formula is C20H29N5O3S. The van der Waals surface area contributed by atoms with Gasteiger partial charge in [-0.25, -0.2) is 9.48 Å². The molecule has 0 N–H and O–H groups in total. The van der Waals surface area contributed by atoms with Gasteiger partial charge in [0.25, 0.3) is 0 Å². The average Bonchev–Trinajstić information content (AvgIpc) is 3.05. The quantitative estimate of drug-likeness (QED) is 0.659. The molecule has 2 aliphatic rings. The summed E-state index contributed by atoms with van der Waals surface area (Å²) < 4.78 is 30.6. The number of fused-ring (bicyclic) bond motifs is 1. The number of rotatable bonds is 6. The number of hydrogen-bond acceptors (Lipinski definition) is 5. The molecule has 8 nitrogen and oxygen atoms in total. The van der Waals surface area contributed by atoms with Gasteiger partial charge in [-0.3, -0.25) is 4.57 Å².